The van der Waals surface area contributed by atoms with Crippen molar-refractivity contribution in [2.75, 3.05) is 24.5 Å². The van der Waals surface area contributed by atoms with Gasteiger partial charge in [0.15, 0.2) is 0 Å². The van der Waals surface area contributed by atoms with Crippen LogP contribution in [0.15, 0.2) is 36.7 Å². The molecule has 1 aromatic carbocycles. The summed E-state index contributed by atoms with van der Waals surface area (Å²) in [5.41, 5.74) is 4.77. The van der Waals surface area contributed by atoms with Gasteiger partial charge >= 0.3 is 0 Å². The van der Waals surface area contributed by atoms with Crippen LogP contribution in [0, 0.1) is 5.82 Å². The molecule has 2 aromatic heterocycles. The molecule has 3 aromatic rings. The first-order valence-corrected chi connectivity index (χ1v) is 13.0. The molecule has 2 aliphatic heterocycles. The Bertz CT molecular complexity index is 1220. The molecule has 0 N–H and O–H groups in total. The largest absolute Gasteiger partial charge is 0.371 e. The Balaban J connectivity index is 1.37. The Labute approximate surface area is 200 Å². The second-order valence-electron chi connectivity index (χ2n) is 10.4. The number of rotatable bonds is 4. The lowest BCUT2D eigenvalue weighted by molar-refractivity contribution is 0.0697. The minimum absolute atomic E-state index is 0.106. The summed E-state index contributed by atoms with van der Waals surface area (Å²) < 4.78 is 17.1. The molecule has 1 saturated carbocycles. The van der Waals surface area contributed by atoms with Crippen LogP contribution in [0.25, 0.3) is 16.9 Å². The molecule has 1 amide bonds. The van der Waals surface area contributed by atoms with Gasteiger partial charge in [0.2, 0.25) is 0 Å². The number of fused-ring (bicyclic) bond motifs is 1. The van der Waals surface area contributed by atoms with Gasteiger partial charge in [-0.05, 0) is 81.2 Å². The van der Waals surface area contributed by atoms with Crippen molar-refractivity contribution in [1.29, 1.82) is 0 Å². The quantitative estimate of drug-likeness (QED) is 0.478. The van der Waals surface area contributed by atoms with Crippen molar-refractivity contribution in [2.24, 2.45) is 0 Å². The van der Waals surface area contributed by atoms with E-state index in [4.69, 9.17) is 4.98 Å². The van der Waals surface area contributed by atoms with Gasteiger partial charge in [0, 0.05) is 49.3 Å². The Morgan fingerprint density at radius 3 is 2.53 bits per heavy atom. The van der Waals surface area contributed by atoms with Crippen LogP contribution in [-0.2, 0) is 0 Å². The van der Waals surface area contributed by atoms with Crippen LogP contribution in [0.1, 0.15) is 80.1 Å². The summed E-state index contributed by atoms with van der Waals surface area (Å²) in [6, 6.07) is 7.81. The van der Waals surface area contributed by atoms with Crippen LogP contribution >= 0.6 is 0 Å². The number of benzene rings is 1. The third-order valence-corrected chi connectivity index (χ3v) is 7.86. The monoisotopic (exact) mass is 460 g/mol. The van der Waals surface area contributed by atoms with Crippen molar-refractivity contribution >= 4 is 17.2 Å². The first kappa shape index (κ1) is 21.6. The molecule has 5 nitrogen and oxygen atoms in total. The first-order chi connectivity index (χ1) is 16.6. The van der Waals surface area contributed by atoms with E-state index in [9.17, 15) is 4.79 Å². The minimum Gasteiger partial charge on any atom is -0.371 e. The average Bonchev–Trinajstić information content (AvgIpc) is 3.43. The minimum atomic E-state index is -0.240. The second-order valence-corrected chi connectivity index (χ2v) is 10.4. The standard InChI is InChI=1S/C28H33FN4O/c1-19-7-3-2-4-14-33(19)28(34)21-15-24(20-8-9-20)27-30-26(18-32(27)17-21)23-11-10-22(16-25(23)29)31-12-5-6-13-31/h10-11,15-20H,2-9,12-14H2,1H3/t19-/m1/s1. The second kappa shape index (κ2) is 8.71. The third kappa shape index (κ3) is 3.97. The third-order valence-electron chi connectivity index (χ3n) is 7.86. The highest BCUT2D eigenvalue weighted by Crippen LogP contribution is 2.43. The van der Waals surface area contributed by atoms with Crippen molar-refractivity contribution < 1.29 is 9.18 Å². The van der Waals surface area contributed by atoms with Gasteiger partial charge in [-0.25, -0.2) is 9.37 Å². The van der Waals surface area contributed by atoms with Gasteiger partial charge in [-0.15, -0.1) is 0 Å². The number of hydrogen-bond donors (Lipinski definition) is 0. The van der Waals surface area contributed by atoms with Crippen molar-refractivity contribution in [3.05, 3.63) is 53.6 Å². The maximum atomic E-state index is 15.2. The van der Waals surface area contributed by atoms with Gasteiger partial charge < -0.3 is 14.2 Å². The van der Waals surface area contributed by atoms with Crippen molar-refractivity contribution in [3.8, 4) is 11.3 Å². The number of carbonyl (C=O) groups excluding carboxylic acids is 1. The normalized spacial score (nSPS) is 21.3. The molecule has 178 valence electrons. The summed E-state index contributed by atoms with van der Waals surface area (Å²) >= 11 is 0. The van der Waals surface area contributed by atoms with Crippen molar-refractivity contribution in [1.82, 2.24) is 14.3 Å². The summed E-state index contributed by atoms with van der Waals surface area (Å²) in [6.07, 6.45) is 12.8. The predicted molar refractivity (Wildman–Crippen MR) is 133 cm³/mol. The Morgan fingerprint density at radius 2 is 1.76 bits per heavy atom. The zero-order valence-corrected chi connectivity index (χ0v) is 20.0. The molecular formula is C28H33FN4O. The van der Waals surface area contributed by atoms with E-state index in [1.165, 1.54) is 12.8 Å². The van der Waals surface area contributed by atoms with E-state index in [-0.39, 0.29) is 17.8 Å². The van der Waals surface area contributed by atoms with E-state index in [0.29, 0.717) is 17.2 Å². The summed E-state index contributed by atoms with van der Waals surface area (Å²) in [4.78, 5) is 22.7. The maximum absolute atomic E-state index is 15.2. The van der Waals surface area contributed by atoms with Gasteiger partial charge in [0.1, 0.15) is 11.5 Å². The van der Waals surface area contributed by atoms with E-state index < -0.39 is 0 Å². The number of amides is 1. The van der Waals surface area contributed by atoms with E-state index in [1.54, 1.807) is 6.07 Å². The molecule has 3 fully saturated rings. The van der Waals surface area contributed by atoms with Crippen LogP contribution in [0.5, 0.6) is 0 Å². The molecule has 4 heterocycles. The highest BCUT2D eigenvalue weighted by atomic mass is 19.1. The number of aromatic nitrogens is 2. The summed E-state index contributed by atoms with van der Waals surface area (Å²) in [5, 5.41) is 0. The maximum Gasteiger partial charge on any atom is 0.255 e. The molecular weight excluding hydrogens is 427 g/mol. The Kier molecular flexibility index (Phi) is 5.54. The summed E-state index contributed by atoms with van der Waals surface area (Å²) in [6.45, 7) is 4.96. The molecule has 0 bridgehead atoms. The van der Waals surface area contributed by atoms with E-state index in [2.05, 4.69) is 17.9 Å². The molecule has 34 heavy (non-hydrogen) atoms. The van der Waals surface area contributed by atoms with Crippen LogP contribution in [-0.4, -0.2) is 45.9 Å². The molecule has 3 aliphatic rings. The fraction of sp³-hybridized carbons (Fsp3) is 0.500. The molecule has 6 rings (SSSR count). The molecule has 1 aliphatic carbocycles. The summed E-state index contributed by atoms with van der Waals surface area (Å²) in [5.74, 6) is 0.305. The molecule has 0 unspecified atom stereocenters. The van der Waals surface area contributed by atoms with Gasteiger partial charge in [-0.3, -0.25) is 4.79 Å². The highest BCUT2D eigenvalue weighted by Gasteiger charge is 2.30. The van der Waals surface area contributed by atoms with E-state index in [0.717, 1.165) is 80.6 Å². The lowest BCUT2D eigenvalue weighted by atomic mass is 10.1. The zero-order chi connectivity index (χ0) is 23.2. The predicted octanol–water partition coefficient (Wildman–Crippen LogP) is 6.02. The smallest absolute Gasteiger partial charge is 0.255 e. The fourth-order valence-corrected chi connectivity index (χ4v) is 5.69. The number of nitrogens with zero attached hydrogens (tertiary/aromatic N) is 4. The molecule has 0 radical (unpaired) electrons. The lowest BCUT2D eigenvalue weighted by Crippen LogP contribution is -2.38. The highest BCUT2D eigenvalue weighted by molar-refractivity contribution is 5.95. The Morgan fingerprint density at radius 1 is 0.971 bits per heavy atom. The van der Waals surface area contributed by atoms with Gasteiger partial charge in [0.05, 0.1) is 11.3 Å². The van der Waals surface area contributed by atoms with Crippen LogP contribution in [0.4, 0.5) is 10.1 Å². The Hall–Kier alpha value is -2.89. The van der Waals surface area contributed by atoms with Crippen LogP contribution in [0.2, 0.25) is 0 Å². The van der Waals surface area contributed by atoms with Gasteiger partial charge in [-0.1, -0.05) is 12.8 Å². The zero-order valence-electron chi connectivity index (χ0n) is 20.0. The number of hydrogen-bond acceptors (Lipinski definition) is 3. The molecule has 0 spiro atoms. The topological polar surface area (TPSA) is 40.9 Å². The molecule has 2 saturated heterocycles. The van der Waals surface area contributed by atoms with Crippen molar-refractivity contribution in [3.63, 3.8) is 0 Å². The van der Waals surface area contributed by atoms with Crippen molar-refractivity contribution in [2.45, 2.75) is 70.3 Å². The number of imidazole rings is 1. The number of halogens is 1. The van der Waals surface area contributed by atoms with Gasteiger partial charge in [0.25, 0.3) is 5.91 Å². The van der Waals surface area contributed by atoms with E-state index >= 15 is 4.39 Å². The summed E-state index contributed by atoms with van der Waals surface area (Å²) in [7, 11) is 0. The van der Waals surface area contributed by atoms with E-state index in [1.807, 2.05) is 33.8 Å². The number of likely N-dealkylation sites (tertiary alicyclic amines) is 1. The lowest BCUT2D eigenvalue weighted by Gasteiger charge is -2.27. The average molecular weight is 461 g/mol. The molecule has 1 atom stereocenters. The fourth-order valence-electron chi connectivity index (χ4n) is 5.69. The first-order valence-electron chi connectivity index (χ1n) is 13.0. The molecule has 6 heteroatoms. The van der Waals surface area contributed by atoms with Crippen LogP contribution < -0.4 is 4.90 Å². The SMILES string of the molecule is C[C@@H]1CCCCCN1C(=O)c1cc(C2CC2)c2nc(-c3ccc(N4CCCC4)cc3F)cn2c1. The number of carbonyl (C=O) groups is 1. The van der Waals surface area contributed by atoms with Crippen LogP contribution in [0.3, 0.4) is 0 Å². The number of anilines is 1. The number of pyridine rings is 1. The van der Waals surface area contributed by atoms with Gasteiger partial charge in [-0.2, -0.15) is 0 Å².